The van der Waals surface area contributed by atoms with Gasteiger partial charge in [-0.05, 0) is 18.6 Å². The van der Waals surface area contributed by atoms with Gasteiger partial charge in [-0.1, -0.05) is 0 Å². The molecule has 1 unspecified atom stereocenters. The third-order valence-corrected chi connectivity index (χ3v) is 1.99. The Balaban J connectivity index is 2.32. The van der Waals surface area contributed by atoms with Gasteiger partial charge in [-0.3, -0.25) is 4.79 Å². The number of hydrogen-bond acceptors (Lipinski definition) is 3. The van der Waals surface area contributed by atoms with Gasteiger partial charge in [0.25, 0.3) is 0 Å². The van der Waals surface area contributed by atoms with Crippen molar-refractivity contribution in [3.63, 3.8) is 0 Å². The van der Waals surface area contributed by atoms with E-state index < -0.39 is 6.23 Å². The Hall–Kier alpha value is -1.09. The fourth-order valence-corrected chi connectivity index (χ4v) is 1.43. The summed E-state index contributed by atoms with van der Waals surface area (Å²) in [6.07, 6.45) is 4.00. The van der Waals surface area contributed by atoms with Gasteiger partial charge in [0, 0.05) is 17.7 Å². The lowest BCUT2D eigenvalue weighted by atomic mass is 10.1. The Morgan fingerprint density at radius 3 is 3.18 bits per heavy atom. The lowest BCUT2D eigenvalue weighted by Crippen LogP contribution is -2.28. The van der Waals surface area contributed by atoms with Crippen LogP contribution in [0, 0.1) is 0 Å². The Morgan fingerprint density at radius 2 is 2.36 bits per heavy atom. The van der Waals surface area contributed by atoms with Gasteiger partial charge >= 0.3 is 0 Å². The average Bonchev–Trinajstić information content (AvgIpc) is 2.32. The topological polar surface area (TPSA) is 49.3 Å². The summed E-state index contributed by atoms with van der Waals surface area (Å²) in [6.45, 7) is 0. The van der Waals surface area contributed by atoms with Crippen LogP contribution in [0.1, 0.15) is 12.8 Å². The number of hydrogen-bond donors (Lipinski definition) is 2. The van der Waals surface area contributed by atoms with Crippen LogP contribution in [0.15, 0.2) is 23.4 Å². The molecule has 0 amide bonds. The van der Waals surface area contributed by atoms with E-state index in [1.165, 1.54) is 0 Å². The van der Waals surface area contributed by atoms with Crippen molar-refractivity contribution in [2.24, 2.45) is 0 Å². The van der Waals surface area contributed by atoms with Crippen LogP contribution in [0.2, 0.25) is 0 Å². The minimum atomic E-state index is -0.611. The zero-order chi connectivity index (χ0) is 7.84. The van der Waals surface area contributed by atoms with Crippen molar-refractivity contribution >= 4 is 5.78 Å². The van der Waals surface area contributed by atoms with Gasteiger partial charge in [-0.15, -0.1) is 0 Å². The maximum absolute atomic E-state index is 11.1. The van der Waals surface area contributed by atoms with Crippen LogP contribution in [-0.2, 0) is 4.79 Å². The van der Waals surface area contributed by atoms with Crippen LogP contribution in [0.3, 0.4) is 0 Å². The molecule has 0 spiro atoms. The number of carbonyl (C=O) groups excluding carboxylic acids is 1. The summed E-state index contributed by atoms with van der Waals surface area (Å²) in [5, 5.41) is 11.9. The summed E-state index contributed by atoms with van der Waals surface area (Å²) in [4.78, 5) is 11.1. The minimum Gasteiger partial charge on any atom is -0.370 e. The first kappa shape index (κ1) is 6.61. The Bertz CT molecular complexity index is 265. The fourth-order valence-electron chi connectivity index (χ4n) is 1.43. The van der Waals surface area contributed by atoms with E-state index in [-0.39, 0.29) is 5.78 Å². The Morgan fingerprint density at radius 1 is 1.55 bits per heavy atom. The molecular weight excluding hydrogens is 142 g/mol. The highest BCUT2D eigenvalue weighted by atomic mass is 16.3. The molecule has 0 aromatic rings. The van der Waals surface area contributed by atoms with E-state index in [1.807, 2.05) is 0 Å². The number of rotatable bonds is 0. The monoisotopic (exact) mass is 151 g/mol. The van der Waals surface area contributed by atoms with E-state index in [1.54, 1.807) is 12.2 Å². The molecule has 1 aliphatic heterocycles. The van der Waals surface area contributed by atoms with E-state index in [0.717, 1.165) is 17.7 Å². The summed E-state index contributed by atoms with van der Waals surface area (Å²) in [5.41, 5.74) is 1.64. The number of allylic oxidation sites excluding steroid dienone is 3. The smallest absolute Gasteiger partial charge is 0.164 e. The first-order valence-electron chi connectivity index (χ1n) is 3.66. The zero-order valence-electron chi connectivity index (χ0n) is 6.00. The van der Waals surface area contributed by atoms with Crippen LogP contribution >= 0.6 is 0 Å². The van der Waals surface area contributed by atoms with Crippen molar-refractivity contribution in [2.45, 2.75) is 19.1 Å². The molecule has 0 bridgehead atoms. The first-order chi connectivity index (χ1) is 5.27. The van der Waals surface area contributed by atoms with Crippen LogP contribution in [0.4, 0.5) is 0 Å². The highest BCUT2D eigenvalue weighted by Gasteiger charge is 2.24. The Kier molecular flexibility index (Phi) is 1.32. The normalized spacial score (nSPS) is 28.8. The molecule has 1 heterocycles. The zero-order valence-corrected chi connectivity index (χ0v) is 6.00. The number of carbonyl (C=O) groups is 1. The summed E-state index contributed by atoms with van der Waals surface area (Å²) in [5.74, 6) is 0.177. The van der Waals surface area contributed by atoms with Gasteiger partial charge in [-0.25, -0.2) is 0 Å². The second kappa shape index (κ2) is 2.20. The summed E-state index contributed by atoms with van der Waals surface area (Å²) >= 11 is 0. The van der Waals surface area contributed by atoms with Gasteiger partial charge in [0.05, 0.1) is 0 Å². The maximum Gasteiger partial charge on any atom is 0.164 e. The largest absolute Gasteiger partial charge is 0.370 e. The van der Waals surface area contributed by atoms with Crippen LogP contribution < -0.4 is 5.32 Å². The maximum atomic E-state index is 11.1. The molecule has 11 heavy (non-hydrogen) atoms. The van der Waals surface area contributed by atoms with Crippen molar-refractivity contribution in [2.75, 3.05) is 0 Å². The molecular formula is C8H9NO2. The molecule has 2 N–H and O–H groups in total. The number of nitrogens with one attached hydrogen (secondary N) is 1. The van der Waals surface area contributed by atoms with Crippen molar-refractivity contribution in [1.29, 1.82) is 0 Å². The molecule has 3 nitrogen and oxygen atoms in total. The standard InChI is InChI=1S/C8H9NO2/c10-7-3-2-6-5(7)1-4-8(11)9-6/h1,4,8-9,11H,2-3H2. The van der Waals surface area contributed by atoms with Crippen LogP contribution in [0.5, 0.6) is 0 Å². The third-order valence-electron chi connectivity index (χ3n) is 1.99. The number of ketones is 1. The molecule has 0 saturated heterocycles. The van der Waals surface area contributed by atoms with E-state index in [2.05, 4.69) is 5.32 Å². The number of aliphatic hydroxyl groups is 1. The number of dihydropyridines is 1. The summed E-state index contributed by atoms with van der Waals surface area (Å²) < 4.78 is 0. The van der Waals surface area contributed by atoms with E-state index >= 15 is 0 Å². The van der Waals surface area contributed by atoms with E-state index in [9.17, 15) is 4.79 Å². The van der Waals surface area contributed by atoms with Crippen molar-refractivity contribution in [3.05, 3.63) is 23.4 Å². The lowest BCUT2D eigenvalue weighted by Gasteiger charge is -2.15. The van der Waals surface area contributed by atoms with Crippen LogP contribution in [-0.4, -0.2) is 17.1 Å². The highest BCUT2D eigenvalue weighted by Crippen LogP contribution is 2.24. The lowest BCUT2D eigenvalue weighted by molar-refractivity contribution is -0.114. The third kappa shape index (κ3) is 0.973. The number of Topliss-reactive ketones (excluding diaryl/α,β-unsaturated/α-hetero) is 1. The second-order valence-corrected chi connectivity index (χ2v) is 2.76. The number of aliphatic hydroxyl groups excluding tert-OH is 1. The SMILES string of the molecule is O=C1CCC2=C1C=CC(O)N2. The molecule has 0 fully saturated rings. The molecule has 58 valence electrons. The van der Waals surface area contributed by atoms with Crippen molar-refractivity contribution in [3.8, 4) is 0 Å². The molecule has 1 atom stereocenters. The van der Waals surface area contributed by atoms with E-state index in [4.69, 9.17) is 5.11 Å². The first-order valence-corrected chi connectivity index (χ1v) is 3.66. The molecule has 0 radical (unpaired) electrons. The summed E-state index contributed by atoms with van der Waals surface area (Å²) in [7, 11) is 0. The van der Waals surface area contributed by atoms with Gasteiger partial charge in [-0.2, -0.15) is 0 Å². The van der Waals surface area contributed by atoms with Gasteiger partial charge in [0.15, 0.2) is 5.78 Å². The van der Waals surface area contributed by atoms with Crippen molar-refractivity contribution in [1.82, 2.24) is 5.32 Å². The molecule has 0 aromatic carbocycles. The highest BCUT2D eigenvalue weighted by molar-refractivity contribution is 6.01. The van der Waals surface area contributed by atoms with Crippen molar-refractivity contribution < 1.29 is 9.90 Å². The predicted molar refractivity (Wildman–Crippen MR) is 39.5 cm³/mol. The van der Waals surface area contributed by atoms with Crippen LogP contribution in [0.25, 0.3) is 0 Å². The van der Waals surface area contributed by atoms with E-state index in [0.29, 0.717) is 6.42 Å². The molecule has 2 aliphatic rings. The summed E-state index contributed by atoms with van der Waals surface area (Å²) in [6, 6.07) is 0. The predicted octanol–water partition coefficient (Wildman–Crippen LogP) is 0.0812. The quantitative estimate of drug-likeness (QED) is 0.515. The average molecular weight is 151 g/mol. The molecule has 3 heteroatoms. The Labute approximate surface area is 64.4 Å². The molecule has 0 aromatic heterocycles. The van der Waals surface area contributed by atoms with Gasteiger partial charge in [0.1, 0.15) is 6.23 Å². The molecule has 0 saturated carbocycles. The molecule has 1 aliphatic carbocycles. The minimum absolute atomic E-state index is 0.177. The van der Waals surface area contributed by atoms with Gasteiger partial charge in [0.2, 0.25) is 0 Å². The van der Waals surface area contributed by atoms with Gasteiger partial charge < -0.3 is 10.4 Å². The molecule has 2 rings (SSSR count). The second-order valence-electron chi connectivity index (χ2n) is 2.76. The fraction of sp³-hybridized carbons (Fsp3) is 0.375.